The predicted molar refractivity (Wildman–Crippen MR) is 212 cm³/mol. The number of nitrogens with zero attached hydrogens (tertiary/aromatic N) is 8. The van der Waals surface area contributed by atoms with E-state index >= 15 is 0 Å². The fourth-order valence-corrected chi connectivity index (χ4v) is 8.53. The molecule has 5 aliphatic rings. The molecule has 3 fully saturated rings. The van der Waals surface area contributed by atoms with Crippen molar-refractivity contribution < 1.29 is 47.9 Å². The van der Waals surface area contributed by atoms with Gasteiger partial charge < -0.3 is 58.3 Å². The Morgan fingerprint density at radius 1 is 0.542 bits per heavy atom. The first kappa shape index (κ1) is 36.5. The molecule has 15 heteroatoms. The molecule has 0 saturated carbocycles. The second-order valence-corrected chi connectivity index (χ2v) is 15.8. The van der Waals surface area contributed by atoms with E-state index in [1.807, 2.05) is 119 Å². The molecule has 14 nitrogen and oxygen atoms in total. The summed E-state index contributed by atoms with van der Waals surface area (Å²) < 4.78 is 37.9. The first-order valence-electron chi connectivity index (χ1n) is 19.3. The van der Waals surface area contributed by atoms with Gasteiger partial charge in [0, 0.05) is 44.8 Å². The van der Waals surface area contributed by atoms with E-state index in [9.17, 15) is 0 Å². The monoisotopic (exact) mass is 834 g/mol. The molecule has 0 spiro atoms. The normalized spacial score (nSPS) is 23.5. The van der Waals surface area contributed by atoms with E-state index in [2.05, 4.69) is 0 Å². The van der Waals surface area contributed by atoms with Gasteiger partial charge in [0.05, 0.1) is 29.9 Å². The smallest absolute Gasteiger partial charge is 0.485 e. The maximum absolute atomic E-state index is 6.83. The summed E-state index contributed by atoms with van der Waals surface area (Å²) in [4.78, 5) is 40.2. The van der Waals surface area contributed by atoms with Gasteiger partial charge in [0.1, 0.15) is 18.0 Å². The van der Waals surface area contributed by atoms with Crippen LogP contribution in [0.3, 0.4) is 0 Å². The Morgan fingerprint density at radius 2 is 1.03 bits per heavy atom. The van der Waals surface area contributed by atoms with E-state index in [0.29, 0.717) is 63.8 Å². The van der Waals surface area contributed by atoms with E-state index in [-0.39, 0.29) is 19.5 Å². The Hall–Kier alpha value is -5.54. The van der Waals surface area contributed by atoms with Crippen LogP contribution in [0.1, 0.15) is 27.7 Å². The fraction of sp³-hybridized carbons (Fsp3) is 0.273. The van der Waals surface area contributed by atoms with Crippen molar-refractivity contribution in [2.75, 3.05) is 6.61 Å². The Morgan fingerprint density at radius 3 is 1.54 bits per heavy atom. The third kappa shape index (κ3) is 5.98. The fourth-order valence-electron chi connectivity index (χ4n) is 8.53. The summed E-state index contributed by atoms with van der Waals surface area (Å²) in [5.41, 5.74) is 5.10. The number of hydrogen-bond acceptors (Lipinski definition) is 12. The predicted octanol–water partition coefficient (Wildman–Crippen LogP) is 6.90. The van der Waals surface area contributed by atoms with Gasteiger partial charge in [0.2, 0.25) is 0 Å². The van der Waals surface area contributed by atoms with Crippen LogP contribution in [0.25, 0.3) is 89.7 Å². The van der Waals surface area contributed by atoms with Gasteiger partial charge in [-0.05, 0) is 67.4 Å². The standard InChI is InChI=1S/C44H34N8O6.Zn/c1-43(2)53-20-30(56-43)31-32(33-42(55-31)58-44(3,4)57-33)54-21-17-18-28-29(19-21)41-51-39-27-16-10-9-15-26(27)37(49-39)47-35-23-12-6-5-11-22(23)34(45-35)46-36-24-13-7-8-14-25(24)38(48-36)50-40(28)52-41;/h5-19,30-33,42H,20H2,1-4H3;/q-2;+2/t30-,31-,32+,33-,42-;/m1./s1. The SMILES string of the molecule is CC1(C)O[C@H]2O[C@H]([C@H]3COC(C)(C)O3)[C@H](Oc3ccc4c(c3)-c3nc-4nc4[n-]c(nc5nc(nc6[n-]c(n3)c3ccccc63)-c3ccccc3-5)c3ccccc43)[C@H]2O1.[Zn+2]. The minimum absolute atomic E-state index is 0. The van der Waals surface area contributed by atoms with Gasteiger partial charge >= 0.3 is 19.5 Å². The summed E-state index contributed by atoms with van der Waals surface area (Å²) in [5.74, 6) is 0.817. The van der Waals surface area contributed by atoms with Gasteiger partial charge in [-0.2, -0.15) is 0 Å². The second-order valence-electron chi connectivity index (χ2n) is 15.8. The van der Waals surface area contributed by atoms with Crippen LogP contribution in [0.15, 0.2) is 91.0 Å². The first-order valence-corrected chi connectivity index (χ1v) is 19.3. The average Bonchev–Trinajstić information content (AvgIpc) is 4.08. The summed E-state index contributed by atoms with van der Waals surface area (Å²) in [6.45, 7) is 7.83. The number of ether oxygens (including phenoxy) is 6. The Bertz CT molecular complexity index is 3030. The van der Waals surface area contributed by atoms with Crippen LogP contribution in [0.5, 0.6) is 5.75 Å². The molecule has 3 aromatic heterocycles. The molecule has 12 rings (SSSR count). The molecule has 0 amide bonds. The maximum atomic E-state index is 6.83. The van der Waals surface area contributed by atoms with Gasteiger partial charge in [-0.3, -0.25) is 0 Å². The molecule has 3 saturated heterocycles. The quantitative estimate of drug-likeness (QED) is 0.169. The van der Waals surface area contributed by atoms with E-state index < -0.39 is 42.3 Å². The summed E-state index contributed by atoms with van der Waals surface area (Å²) in [5, 5.41) is 3.33. The zero-order valence-corrected chi connectivity index (χ0v) is 35.5. The van der Waals surface area contributed by atoms with Crippen LogP contribution >= 0.6 is 0 Å². The van der Waals surface area contributed by atoms with Crippen LogP contribution in [0.4, 0.5) is 0 Å². The van der Waals surface area contributed by atoms with Crippen molar-refractivity contribution in [3.8, 4) is 51.3 Å². The largest absolute Gasteiger partial charge is 2.00 e. The summed E-state index contributed by atoms with van der Waals surface area (Å²) in [7, 11) is 0. The number of benzene rings is 4. The molecule has 8 heterocycles. The van der Waals surface area contributed by atoms with E-state index in [1.54, 1.807) is 0 Å². The van der Waals surface area contributed by atoms with Crippen LogP contribution < -0.4 is 14.7 Å². The summed E-state index contributed by atoms with van der Waals surface area (Å²) >= 11 is 0. The van der Waals surface area contributed by atoms with Crippen molar-refractivity contribution in [3.63, 3.8) is 0 Å². The molecular formula is C44H34N8O6Zn. The second kappa shape index (κ2) is 13.2. The van der Waals surface area contributed by atoms with Gasteiger partial charge in [-0.15, -0.1) is 0 Å². The minimum Gasteiger partial charge on any atom is -0.485 e. The van der Waals surface area contributed by atoms with Crippen molar-refractivity contribution in [1.29, 1.82) is 0 Å². The van der Waals surface area contributed by atoms with Crippen molar-refractivity contribution >= 4 is 44.1 Å². The summed E-state index contributed by atoms with van der Waals surface area (Å²) in [6.07, 6.45) is -2.66. The molecule has 59 heavy (non-hydrogen) atoms. The van der Waals surface area contributed by atoms with E-state index in [1.165, 1.54) is 0 Å². The zero-order valence-electron chi connectivity index (χ0n) is 32.5. The maximum Gasteiger partial charge on any atom is 2.00 e. The van der Waals surface area contributed by atoms with Gasteiger partial charge in [-0.25, -0.2) is 9.97 Å². The molecule has 288 valence electrons. The Kier molecular flexibility index (Phi) is 8.20. The molecule has 0 N–H and O–H groups in total. The molecule has 5 atom stereocenters. The van der Waals surface area contributed by atoms with Gasteiger partial charge in [0.25, 0.3) is 0 Å². The summed E-state index contributed by atoms with van der Waals surface area (Å²) in [6, 6.07) is 29.4. The number of aromatic nitrogens is 8. The van der Waals surface area contributed by atoms with E-state index in [0.717, 1.165) is 38.2 Å². The molecule has 7 aromatic rings. The first-order chi connectivity index (χ1) is 28.1. The van der Waals surface area contributed by atoms with Gasteiger partial charge in [0.15, 0.2) is 30.1 Å². The molecule has 0 aliphatic carbocycles. The van der Waals surface area contributed by atoms with Crippen molar-refractivity contribution in [1.82, 2.24) is 39.9 Å². The Balaban J connectivity index is 0.00000397. The molecule has 0 unspecified atom stereocenters. The molecular weight excluding hydrogens is 802 g/mol. The number of rotatable bonds is 3. The van der Waals surface area contributed by atoms with Crippen molar-refractivity contribution in [3.05, 3.63) is 91.0 Å². The van der Waals surface area contributed by atoms with Crippen LogP contribution in [-0.2, 0) is 43.2 Å². The van der Waals surface area contributed by atoms with Crippen molar-refractivity contribution in [2.24, 2.45) is 0 Å². The molecule has 5 aliphatic heterocycles. The third-order valence-electron chi connectivity index (χ3n) is 11.1. The van der Waals surface area contributed by atoms with Gasteiger partial charge in [-0.1, -0.05) is 72.8 Å². The average molecular weight is 836 g/mol. The molecule has 8 bridgehead atoms. The number of hydrogen-bond donors (Lipinski definition) is 0. The van der Waals surface area contributed by atoms with Crippen LogP contribution in [0, 0.1) is 0 Å². The molecule has 0 radical (unpaired) electrons. The number of fused-ring (bicyclic) bond motifs is 21. The van der Waals surface area contributed by atoms with Crippen LogP contribution in [0.2, 0.25) is 0 Å². The van der Waals surface area contributed by atoms with Crippen molar-refractivity contribution in [2.45, 2.75) is 70.0 Å². The van der Waals surface area contributed by atoms with Crippen LogP contribution in [-0.4, -0.2) is 78.8 Å². The minimum atomic E-state index is -0.851. The van der Waals surface area contributed by atoms with E-state index in [4.69, 9.17) is 68.3 Å². The zero-order chi connectivity index (χ0) is 38.9. The molecule has 4 aromatic carbocycles. The topological polar surface area (TPSA) is 161 Å². The third-order valence-corrected chi connectivity index (χ3v) is 11.1. The Labute approximate surface area is 349 Å².